The summed E-state index contributed by atoms with van der Waals surface area (Å²) in [6.45, 7) is 0.166. The Morgan fingerprint density at radius 2 is 1.70 bits per heavy atom. The van der Waals surface area contributed by atoms with E-state index in [4.69, 9.17) is 39.5 Å². The average molecular weight is 466 g/mol. The summed E-state index contributed by atoms with van der Waals surface area (Å²) in [6.07, 6.45) is 0. The zero-order valence-electron chi connectivity index (χ0n) is 15.9. The number of hydrogen-bond acceptors (Lipinski definition) is 4. The lowest BCUT2D eigenvalue weighted by Crippen LogP contribution is -2.37. The second-order valence-corrected chi connectivity index (χ2v) is 7.88. The molecule has 7 nitrogen and oxygen atoms in total. The van der Waals surface area contributed by atoms with Gasteiger partial charge in [-0.05, 0) is 29.8 Å². The van der Waals surface area contributed by atoms with E-state index in [1.54, 1.807) is 47.0 Å². The van der Waals surface area contributed by atoms with Gasteiger partial charge in [-0.3, -0.25) is 18.5 Å². The standard InChI is InChI=1S/C20H15Cl3N4O3/c1-25-17-16(18(28)26(2)20(25)29)27(10-11-7-8-12(21)9-14(11)23)19(24-17)30-15-6-4-3-5-13(15)22/h3-9H,10H2,1-2H3. The van der Waals surface area contributed by atoms with E-state index in [-0.39, 0.29) is 23.7 Å². The van der Waals surface area contributed by atoms with Crippen LogP contribution in [0.1, 0.15) is 5.56 Å². The van der Waals surface area contributed by atoms with E-state index < -0.39 is 11.2 Å². The molecule has 0 radical (unpaired) electrons. The van der Waals surface area contributed by atoms with Crippen molar-refractivity contribution in [2.45, 2.75) is 6.54 Å². The van der Waals surface area contributed by atoms with Crippen LogP contribution in [0.15, 0.2) is 52.1 Å². The molecule has 0 fully saturated rings. The molecule has 0 amide bonds. The minimum Gasteiger partial charge on any atom is -0.424 e. The molecule has 0 N–H and O–H groups in total. The van der Waals surface area contributed by atoms with Gasteiger partial charge in [0.15, 0.2) is 11.2 Å². The summed E-state index contributed by atoms with van der Waals surface area (Å²) in [4.78, 5) is 29.7. The van der Waals surface area contributed by atoms with Crippen LogP contribution < -0.4 is 16.0 Å². The van der Waals surface area contributed by atoms with Gasteiger partial charge in [0.05, 0.1) is 11.6 Å². The van der Waals surface area contributed by atoms with Crippen LogP contribution in [0.4, 0.5) is 0 Å². The van der Waals surface area contributed by atoms with Crippen LogP contribution in [0.5, 0.6) is 11.8 Å². The zero-order chi connectivity index (χ0) is 21.6. The number of ether oxygens (including phenoxy) is 1. The maximum absolute atomic E-state index is 12.9. The highest BCUT2D eigenvalue weighted by Crippen LogP contribution is 2.31. The van der Waals surface area contributed by atoms with Crippen molar-refractivity contribution >= 4 is 46.0 Å². The van der Waals surface area contributed by atoms with Gasteiger partial charge in [-0.1, -0.05) is 53.0 Å². The zero-order valence-corrected chi connectivity index (χ0v) is 18.2. The van der Waals surface area contributed by atoms with E-state index in [0.29, 0.717) is 26.4 Å². The molecule has 0 saturated carbocycles. The number of hydrogen-bond donors (Lipinski definition) is 0. The van der Waals surface area contributed by atoms with Gasteiger partial charge in [0.2, 0.25) is 0 Å². The average Bonchev–Trinajstić information content (AvgIpc) is 3.07. The van der Waals surface area contributed by atoms with Crippen LogP contribution in [-0.2, 0) is 20.6 Å². The van der Waals surface area contributed by atoms with Crippen LogP contribution in [0.2, 0.25) is 15.1 Å². The first-order valence-corrected chi connectivity index (χ1v) is 9.94. The van der Waals surface area contributed by atoms with E-state index in [0.717, 1.165) is 4.57 Å². The number of rotatable bonds is 4. The van der Waals surface area contributed by atoms with E-state index in [1.807, 2.05) is 0 Å². The number of aryl methyl sites for hydroxylation is 1. The van der Waals surface area contributed by atoms with Crippen LogP contribution in [0, 0.1) is 0 Å². The van der Waals surface area contributed by atoms with Crippen molar-refractivity contribution < 1.29 is 4.74 Å². The Kier molecular flexibility index (Phi) is 5.36. The quantitative estimate of drug-likeness (QED) is 0.452. The van der Waals surface area contributed by atoms with Crippen molar-refractivity contribution in [3.63, 3.8) is 0 Å². The fourth-order valence-corrected chi connectivity index (χ4v) is 3.74. The molecule has 0 spiro atoms. The number of nitrogens with zero attached hydrogens (tertiary/aromatic N) is 4. The summed E-state index contributed by atoms with van der Waals surface area (Å²) < 4.78 is 9.81. The SMILES string of the molecule is Cn1c(=O)c2c(nc(Oc3ccccc3Cl)n2Cc2ccc(Cl)cc2Cl)n(C)c1=O. The second-order valence-electron chi connectivity index (χ2n) is 6.63. The molecule has 2 aromatic carbocycles. The lowest BCUT2D eigenvalue weighted by molar-refractivity contribution is 0.421. The maximum atomic E-state index is 12.9. The van der Waals surface area contributed by atoms with Gasteiger partial charge in [-0.15, -0.1) is 0 Å². The summed E-state index contributed by atoms with van der Waals surface area (Å²) in [5.41, 5.74) is 0.0915. The van der Waals surface area contributed by atoms with Gasteiger partial charge in [-0.25, -0.2) is 4.79 Å². The van der Waals surface area contributed by atoms with Crippen LogP contribution in [0.3, 0.4) is 0 Å². The van der Waals surface area contributed by atoms with Crippen molar-refractivity contribution in [2.75, 3.05) is 0 Å². The maximum Gasteiger partial charge on any atom is 0.332 e. The largest absolute Gasteiger partial charge is 0.424 e. The van der Waals surface area contributed by atoms with Gasteiger partial charge in [0.25, 0.3) is 5.56 Å². The molecule has 10 heteroatoms. The molecule has 0 atom stereocenters. The first-order chi connectivity index (χ1) is 14.3. The van der Waals surface area contributed by atoms with Crippen molar-refractivity contribution in [2.24, 2.45) is 14.1 Å². The first kappa shape index (κ1) is 20.5. The highest BCUT2D eigenvalue weighted by Gasteiger charge is 2.22. The first-order valence-electron chi connectivity index (χ1n) is 8.80. The number of imidazole rings is 1. The monoisotopic (exact) mass is 464 g/mol. The molecule has 0 aliphatic carbocycles. The Bertz CT molecular complexity index is 1410. The molecule has 0 aliphatic rings. The fourth-order valence-electron chi connectivity index (χ4n) is 3.10. The molecular weight excluding hydrogens is 451 g/mol. The van der Waals surface area contributed by atoms with Crippen molar-refractivity contribution in [3.8, 4) is 11.8 Å². The molecule has 4 rings (SSSR count). The molecule has 0 unspecified atom stereocenters. The van der Waals surface area contributed by atoms with Gasteiger partial charge in [0.1, 0.15) is 5.75 Å². The topological polar surface area (TPSA) is 71.1 Å². The van der Waals surface area contributed by atoms with Gasteiger partial charge >= 0.3 is 11.7 Å². The van der Waals surface area contributed by atoms with Gasteiger partial charge < -0.3 is 4.74 Å². The number of aromatic nitrogens is 4. The summed E-state index contributed by atoms with van der Waals surface area (Å²) >= 11 is 18.6. The lowest BCUT2D eigenvalue weighted by Gasteiger charge is -2.12. The summed E-state index contributed by atoms with van der Waals surface area (Å²) in [5, 5.41) is 1.29. The third kappa shape index (κ3) is 3.49. The van der Waals surface area contributed by atoms with Crippen LogP contribution >= 0.6 is 34.8 Å². The van der Waals surface area contributed by atoms with Crippen molar-refractivity contribution in [3.05, 3.63) is 83.9 Å². The predicted molar refractivity (Wildman–Crippen MR) is 117 cm³/mol. The molecule has 4 aromatic rings. The number of halogens is 3. The normalized spacial score (nSPS) is 11.2. The highest BCUT2D eigenvalue weighted by atomic mass is 35.5. The van der Waals surface area contributed by atoms with E-state index in [1.165, 1.54) is 18.7 Å². The Balaban J connectivity index is 1.98. The van der Waals surface area contributed by atoms with Gasteiger partial charge in [0, 0.05) is 24.1 Å². The Labute approximate surface area is 185 Å². The second kappa shape index (κ2) is 7.83. The number of fused-ring (bicyclic) bond motifs is 1. The Morgan fingerprint density at radius 1 is 0.967 bits per heavy atom. The van der Waals surface area contributed by atoms with Crippen LogP contribution in [-0.4, -0.2) is 18.7 Å². The Hall–Kier alpha value is -2.74. The minimum atomic E-state index is -0.500. The number of para-hydroxylation sites is 1. The smallest absolute Gasteiger partial charge is 0.332 e. The van der Waals surface area contributed by atoms with E-state index in [2.05, 4.69) is 4.98 Å². The summed E-state index contributed by atoms with van der Waals surface area (Å²) in [6, 6.07) is 12.0. The Morgan fingerprint density at radius 3 is 2.40 bits per heavy atom. The molecule has 154 valence electrons. The highest BCUT2D eigenvalue weighted by molar-refractivity contribution is 6.35. The predicted octanol–water partition coefficient (Wildman–Crippen LogP) is 4.23. The third-order valence-corrected chi connectivity index (χ3v) is 5.59. The summed E-state index contributed by atoms with van der Waals surface area (Å²) in [7, 11) is 2.95. The van der Waals surface area contributed by atoms with Crippen molar-refractivity contribution in [1.29, 1.82) is 0 Å². The van der Waals surface area contributed by atoms with Crippen LogP contribution in [0.25, 0.3) is 11.2 Å². The molecule has 0 bridgehead atoms. The number of benzene rings is 2. The third-order valence-electron chi connectivity index (χ3n) is 4.69. The van der Waals surface area contributed by atoms with E-state index >= 15 is 0 Å². The van der Waals surface area contributed by atoms with E-state index in [9.17, 15) is 9.59 Å². The van der Waals surface area contributed by atoms with Crippen molar-refractivity contribution in [1.82, 2.24) is 18.7 Å². The molecule has 2 aromatic heterocycles. The molecule has 30 heavy (non-hydrogen) atoms. The van der Waals surface area contributed by atoms with Gasteiger partial charge in [-0.2, -0.15) is 4.98 Å². The minimum absolute atomic E-state index is 0.0995. The molecule has 2 heterocycles. The molecular formula is C20H15Cl3N4O3. The fraction of sp³-hybridized carbons (Fsp3) is 0.150. The molecule has 0 saturated heterocycles. The lowest BCUT2D eigenvalue weighted by atomic mass is 10.2. The summed E-state index contributed by atoms with van der Waals surface area (Å²) in [5.74, 6) is 0.361. The molecule has 0 aliphatic heterocycles.